The number of nitrogens with zero attached hydrogens (tertiary/aromatic N) is 4. The van der Waals surface area contributed by atoms with E-state index in [9.17, 15) is 9.18 Å². The molecule has 2 aromatic heterocycles. The zero-order valence-electron chi connectivity index (χ0n) is 12.9. The second-order valence-corrected chi connectivity index (χ2v) is 6.40. The molecule has 5 nitrogen and oxygen atoms in total. The number of fused-ring (bicyclic) bond motifs is 1. The van der Waals surface area contributed by atoms with Gasteiger partial charge in [0.05, 0.1) is 18.4 Å². The average molecular weight is 399 g/mol. The molecule has 2 aromatic carbocycles. The van der Waals surface area contributed by atoms with E-state index < -0.39 is 0 Å². The molecule has 0 saturated heterocycles. The lowest BCUT2D eigenvalue weighted by molar-refractivity contribution is 0.624. The Hall–Kier alpha value is -2.80. The van der Waals surface area contributed by atoms with Crippen molar-refractivity contribution < 1.29 is 4.39 Å². The fourth-order valence-corrected chi connectivity index (χ4v) is 3.13. The van der Waals surface area contributed by atoms with Crippen molar-refractivity contribution in [3.8, 4) is 5.69 Å². The molecular formula is C18H12BrFN4O. The molecule has 0 saturated carbocycles. The molecule has 0 amide bonds. The molecule has 0 radical (unpaired) electrons. The van der Waals surface area contributed by atoms with Gasteiger partial charge in [-0.05, 0) is 29.8 Å². The Bertz CT molecular complexity index is 1120. The topological polar surface area (TPSA) is 52.7 Å². The van der Waals surface area contributed by atoms with Crippen molar-refractivity contribution in [2.45, 2.75) is 6.54 Å². The van der Waals surface area contributed by atoms with Gasteiger partial charge in [0, 0.05) is 4.47 Å². The molecule has 0 aliphatic heterocycles. The third kappa shape index (κ3) is 2.87. The van der Waals surface area contributed by atoms with Gasteiger partial charge < -0.3 is 0 Å². The van der Waals surface area contributed by atoms with Crippen molar-refractivity contribution in [2.24, 2.45) is 0 Å². The smallest absolute Gasteiger partial charge is 0.264 e. The summed E-state index contributed by atoms with van der Waals surface area (Å²) in [6, 6.07) is 13.9. The maximum absolute atomic E-state index is 13.2. The molecule has 0 aliphatic carbocycles. The molecule has 0 fully saturated rings. The molecule has 4 aromatic rings. The summed E-state index contributed by atoms with van der Waals surface area (Å²) < 4.78 is 16.9. The molecule has 2 heterocycles. The maximum Gasteiger partial charge on any atom is 0.264 e. The van der Waals surface area contributed by atoms with Crippen LogP contribution in [0.15, 0.2) is 70.3 Å². The summed E-state index contributed by atoms with van der Waals surface area (Å²) in [7, 11) is 0. The van der Waals surface area contributed by atoms with Crippen molar-refractivity contribution in [1.29, 1.82) is 0 Å². The largest absolute Gasteiger partial charge is 0.294 e. The quantitative estimate of drug-likeness (QED) is 0.530. The minimum Gasteiger partial charge on any atom is -0.294 e. The van der Waals surface area contributed by atoms with E-state index in [0.29, 0.717) is 22.1 Å². The molecule has 0 aliphatic rings. The Morgan fingerprint density at radius 2 is 1.92 bits per heavy atom. The predicted octanol–water partition coefficient (Wildman–Crippen LogP) is 3.53. The van der Waals surface area contributed by atoms with Gasteiger partial charge in [0.2, 0.25) is 0 Å². The van der Waals surface area contributed by atoms with Crippen molar-refractivity contribution in [3.05, 3.63) is 87.3 Å². The molecule has 124 valence electrons. The third-order valence-corrected chi connectivity index (χ3v) is 4.65. The van der Waals surface area contributed by atoms with Gasteiger partial charge >= 0.3 is 0 Å². The highest BCUT2D eigenvalue weighted by Crippen LogP contribution is 2.19. The number of aromatic nitrogens is 4. The van der Waals surface area contributed by atoms with Crippen LogP contribution in [0, 0.1) is 5.82 Å². The number of rotatable bonds is 3. The lowest BCUT2D eigenvalue weighted by atomic mass is 10.2. The monoisotopic (exact) mass is 398 g/mol. The number of halogens is 2. The van der Waals surface area contributed by atoms with Crippen LogP contribution in [-0.2, 0) is 6.54 Å². The van der Waals surface area contributed by atoms with E-state index in [1.54, 1.807) is 10.7 Å². The second kappa shape index (κ2) is 6.25. The normalized spacial score (nSPS) is 11.1. The number of para-hydroxylation sites is 1. The van der Waals surface area contributed by atoms with E-state index >= 15 is 0 Å². The van der Waals surface area contributed by atoms with E-state index in [1.165, 1.54) is 29.2 Å². The minimum atomic E-state index is -0.333. The summed E-state index contributed by atoms with van der Waals surface area (Å²) in [6.07, 6.45) is 3.01. The van der Waals surface area contributed by atoms with Crippen LogP contribution in [0.2, 0.25) is 0 Å². The summed E-state index contributed by atoms with van der Waals surface area (Å²) >= 11 is 3.32. The zero-order chi connectivity index (χ0) is 17.4. The Labute approximate surface area is 150 Å². The standard InChI is InChI=1S/C18H12BrFN4O/c19-16-8-13(20)7-6-12(16)10-23-11-21-17-15(18(23)25)9-22-24(17)14-4-2-1-3-5-14/h1-9,11H,10H2. The first-order valence-corrected chi connectivity index (χ1v) is 8.35. The van der Waals surface area contributed by atoms with Gasteiger partial charge in [-0.2, -0.15) is 5.10 Å². The van der Waals surface area contributed by atoms with Gasteiger partial charge in [-0.15, -0.1) is 0 Å². The van der Waals surface area contributed by atoms with Gasteiger partial charge in [0.1, 0.15) is 17.5 Å². The highest BCUT2D eigenvalue weighted by atomic mass is 79.9. The molecule has 0 bridgehead atoms. The fourth-order valence-electron chi connectivity index (χ4n) is 2.65. The van der Waals surface area contributed by atoms with Gasteiger partial charge in [-0.25, -0.2) is 14.1 Å². The van der Waals surface area contributed by atoms with Crippen LogP contribution >= 0.6 is 15.9 Å². The first kappa shape index (κ1) is 15.7. The van der Waals surface area contributed by atoms with Crippen LogP contribution in [0.1, 0.15) is 5.56 Å². The molecular weight excluding hydrogens is 387 g/mol. The zero-order valence-corrected chi connectivity index (χ0v) is 14.5. The van der Waals surface area contributed by atoms with E-state index in [-0.39, 0.29) is 11.4 Å². The van der Waals surface area contributed by atoms with Crippen molar-refractivity contribution in [3.63, 3.8) is 0 Å². The summed E-state index contributed by atoms with van der Waals surface area (Å²) in [6.45, 7) is 0.291. The SMILES string of the molecule is O=c1c2cnn(-c3ccccc3)c2ncn1Cc1ccc(F)cc1Br. The van der Waals surface area contributed by atoms with Gasteiger partial charge in [-0.1, -0.05) is 40.2 Å². The molecule has 0 spiro atoms. The Morgan fingerprint density at radius 3 is 2.68 bits per heavy atom. The van der Waals surface area contributed by atoms with Crippen LogP contribution in [-0.4, -0.2) is 19.3 Å². The van der Waals surface area contributed by atoms with Gasteiger partial charge in [-0.3, -0.25) is 9.36 Å². The first-order chi connectivity index (χ1) is 12.1. The summed E-state index contributed by atoms with van der Waals surface area (Å²) in [5.41, 5.74) is 1.94. The Morgan fingerprint density at radius 1 is 1.12 bits per heavy atom. The van der Waals surface area contributed by atoms with Crippen LogP contribution in [0.5, 0.6) is 0 Å². The van der Waals surface area contributed by atoms with Gasteiger partial charge in [0.15, 0.2) is 5.65 Å². The fraction of sp³-hybridized carbons (Fsp3) is 0.0556. The number of benzene rings is 2. The Balaban J connectivity index is 1.78. The van der Waals surface area contributed by atoms with Crippen LogP contribution in [0.4, 0.5) is 4.39 Å². The summed E-state index contributed by atoms with van der Waals surface area (Å²) in [5, 5.41) is 4.72. The Kier molecular flexibility index (Phi) is 3.93. The molecule has 7 heteroatoms. The summed E-state index contributed by atoms with van der Waals surface area (Å²) in [4.78, 5) is 17.1. The molecule has 25 heavy (non-hydrogen) atoms. The number of hydrogen-bond donors (Lipinski definition) is 0. The molecule has 4 rings (SSSR count). The van der Waals surface area contributed by atoms with Crippen LogP contribution in [0.25, 0.3) is 16.7 Å². The molecule has 0 N–H and O–H groups in total. The lowest BCUT2D eigenvalue weighted by Crippen LogP contribution is -2.21. The van der Waals surface area contributed by atoms with E-state index in [4.69, 9.17) is 0 Å². The lowest BCUT2D eigenvalue weighted by Gasteiger charge is -2.08. The molecule has 0 unspecified atom stereocenters. The van der Waals surface area contributed by atoms with Crippen molar-refractivity contribution >= 4 is 27.0 Å². The van der Waals surface area contributed by atoms with Crippen molar-refractivity contribution in [2.75, 3.05) is 0 Å². The second-order valence-electron chi connectivity index (χ2n) is 5.54. The maximum atomic E-state index is 13.2. The highest BCUT2D eigenvalue weighted by molar-refractivity contribution is 9.10. The van der Waals surface area contributed by atoms with E-state index in [2.05, 4.69) is 26.0 Å². The van der Waals surface area contributed by atoms with Crippen LogP contribution in [0.3, 0.4) is 0 Å². The van der Waals surface area contributed by atoms with E-state index in [1.807, 2.05) is 30.3 Å². The number of hydrogen-bond acceptors (Lipinski definition) is 3. The van der Waals surface area contributed by atoms with Crippen molar-refractivity contribution in [1.82, 2.24) is 19.3 Å². The average Bonchev–Trinajstić information content (AvgIpc) is 3.05. The van der Waals surface area contributed by atoms with Crippen LogP contribution < -0.4 is 5.56 Å². The first-order valence-electron chi connectivity index (χ1n) is 7.56. The third-order valence-electron chi connectivity index (χ3n) is 3.91. The summed E-state index contributed by atoms with van der Waals surface area (Å²) in [5.74, 6) is -0.333. The molecule has 0 atom stereocenters. The predicted molar refractivity (Wildman–Crippen MR) is 96.3 cm³/mol. The minimum absolute atomic E-state index is 0.191. The van der Waals surface area contributed by atoms with E-state index in [0.717, 1.165) is 11.3 Å². The highest BCUT2D eigenvalue weighted by Gasteiger charge is 2.12. The van der Waals surface area contributed by atoms with Gasteiger partial charge in [0.25, 0.3) is 5.56 Å².